The standard InChI is InChI=1S/C29H34O7/c1-5-20(27(32)36-18-30)16-29(3,28(33)34-4)15-19(2)26(31)35-17-25-23-12-8-6-10-21(23)14-22-11-7-9-13-24(22)25/h6-14,19-20,30H,5,15-18H2,1-4H3. The summed E-state index contributed by atoms with van der Waals surface area (Å²) < 4.78 is 15.5. The zero-order valence-electron chi connectivity index (χ0n) is 21.3. The molecule has 0 bridgehead atoms. The lowest BCUT2D eigenvalue weighted by Gasteiger charge is -2.31. The molecule has 0 spiro atoms. The van der Waals surface area contributed by atoms with Crippen molar-refractivity contribution in [3.63, 3.8) is 0 Å². The van der Waals surface area contributed by atoms with Gasteiger partial charge in [-0.2, -0.15) is 0 Å². The molecule has 3 atom stereocenters. The lowest BCUT2D eigenvalue weighted by Crippen LogP contribution is -2.37. The molecule has 0 fully saturated rings. The molecule has 7 nitrogen and oxygen atoms in total. The molecule has 192 valence electrons. The normalized spacial score (nSPS) is 14.6. The fraction of sp³-hybridized carbons (Fsp3) is 0.414. The molecule has 0 amide bonds. The van der Waals surface area contributed by atoms with Crippen LogP contribution in [-0.4, -0.2) is 36.9 Å². The van der Waals surface area contributed by atoms with Crippen molar-refractivity contribution in [3.8, 4) is 0 Å². The predicted molar refractivity (Wildman–Crippen MR) is 137 cm³/mol. The Balaban J connectivity index is 1.79. The number of esters is 3. The van der Waals surface area contributed by atoms with Crippen LogP contribution in [0.15, 0.2) is 54.6 Å². The number of rotatable bonds is 11. The highest BCUT2D eigenvalue weighted by molar-refractivity contribution is 6.02. The minimum Gasteiger partial charge on any atom is -0.469 e. The fourth-order valence-corrected chi connectivity index (χ4v) is 4.92. The Kier molecular flexibility index (Phi) is 9.04. The molecule has 0 aliphatic carbocycles. The van der Waals surface area contributed by atoms with Gasteiger partial charge in [-0.05, 0) is 53.8 Å². The molecule has 0 aromatic heterocycles. The molecule has 0 saturated carbocycles. The van der Waals surface area contributed by atoms with Gasteiger partial charge in [0.1, 0.15) is 6.61 Å². The highest BCUT2D eigenvalue weighted by atomic mass is 16.6. The molecule has 7 heteroatoms. The van der Waals surface area contributed by atoms with Gasteiger partial charge in [-0.1, -0.05) is 62.4 Å². The first kappa shape index (κ1) is 27.1. The fourth-order valence-electron chi connectivity index (χ4n) is 4.92. The first-order valence-electron chi connectivity index (χ1n) is 12.2. The summed E-state index contributed by atoms with van der Waals surface area (Å²) in [5.41, 5.74) is -0.188. The third-order valence-corrected chi connectivity index (χ3v) is 6.81. The predicted octanol–water partition coefficient (Wildman–Crippen LogP) is 5.15. The van der Waals surface area contributed by atoms with Gasteiger partial charge in [0.25, 0.3) is 0 Å². The third-order valence-electron chi connectivity index (χ3n) is 6.81. The van der Waals surface area contributed by atoms with Crippen molar-refractivity contribution in [2.24, 2.45) is 17.3 Å². The van der Waals surface area contributed by atoms with Crippen LogP contribution in [0, 0.1) is 17.3 Å². The number of hydrogen-bond donors (Lipinski definition) is 1. The Morgan fingerprint density at radius 3 is 2.03 bits per heavy atom. The average Bonchev–Trinajstić information content (AvgIpc) is 2.88. The Morgan fingerprint density at radius 1 is 0.917 bits per heavy atom. The van der Waals surface area contributed by atoms with Gasteiger partial charge >= 0.3 is 17.9 Å². The molecule has 3 aromatic carbocycles. The van der Waals surface area contributed by atoms with Gasteiger partial charge in [0.05, 0.1) is 24.4 Å². The van der Waals surface area contributed by atoms with E-state index >= 15 is 0 Å². The number of fused-ring (bicyclic) bond motifs is 2. The quantitative estimate of drug-likeness (QED) is 0.170. The van der Waals surface area contributed by atoms with E-state index in [0.29, 0.717) is 6.42 Å². The van der Waals surface area contributed by atoms with Crippen LogP contribution in [0.2, 0.25) is 0 Å². The Labute approximate surface area is 211 Å². The van der Waals surface area contributed by atoms with Crippen molar-refractivity contribution < 1.29 is 33.7 Å². The van der Waals surface area contributed by atoms with Crippen molar-refractivity contribution in [2.75, 3.05) is 13.9 Å². The SMILES string of the molecule is CCC(CC(C)(CC(C)C(=O)OCc1c2ccccc2cc2ccccc12)C(=O)OC)C(=O)OCO. The molecular weight excluding hydrogens is 460 g/mol. The summed E-state index contributed by atoms with van der Waals surface area (Å²) in [5.74, 6) is -2.79. The van der Waals surface area contributed by atoms with E-state index in [1.54, 1.807) is 20.8 Å². The van der Waals surface area contributed by atoms with Crippen molar-refractivity contribution >= 4 is 39.5 Å². The van der Waals surface area contributed by atoms with Crippen LogP contribution in [0.1, 0.15) is 45.6 Å². The maximum atomic E-state index is 13.1. The molecule has 36 heavy (non-hydrogen) atoms. The zero-order chi connectivity index (χ0) is 26.3. The number of benzene rings is 3. The van der Waals surface area contributed by atoms with Gasteiger partial charge in [0, 0.05) is 5.56 Å². The summed E-state index contributed by atoms with van der Waals surface area (Å²) in [6.45, 7) is 4.55. The van der Waals surface area contributed by atoms with Crippen molar-refractivity contribution in [3.05, 3.63) is 60.2 Å². The molecule has 3 unspecified atom stereocenters. The summed E-state index contributed by atoms with van der Waals surface area (Å²) >= 11 is 0. The summed E-state index contributed by atoms with van der Waals surface area (Å²) in [7, 11) is 1.28. The third kappa shape index (κ3) is 6.02. The molecular formula is C29H34O7. The zero-order valence-corrected chi connectivity index (χ0v) is 21.3. The number of aliphatic hydroxyl groups excluding tert-OH is 1. The van der Waals surface area contributed by atoms with Crippen molar-refractivity contribution in [1.82, 2.24) is 0 Å². The summed E-state index contributed by atoms with van der Waals surface area (Å²) in [6, 6.07) is 18.1. The van der Waals surface area contributed by atoms with Crippen LogP contribution in [0.4, 0.5) is 0 Å². The number of carbonyl (C=O) groups excluding carboxylic acids is 3. The molecule has 0 heterocycles. The second-order valence-electron chi connectivity index (χ2n) is 9.46. The number of methoxy groups -OCH3 is 1. The monoisotopic (exact) mass is 494 g/mol. The topological polar surface area (TPSA) is 99.1 Å². The summed E-state index contributed by atoms with van der Waals surface area (Å²) in [4.78, 5) is 38.0. The minimum absolute atomic E-state index is 0.0976. The van der Waals surface area contributed by atoms with Crippen LogP contribution in [0.25, 0.3) is 21.5 Å². The lowest BCUT2D eigenvalue weighted by molar-refractivity contribution is -0.162. The Morgan fingerprint density at radius 2 is 1.50 bits per heavy atom. The van der Waals surface area contributed by atoms with E-state index < -0.39 is 42.0 Å². The maximum absolute atomic E-state index is 13.1. The average molecular weight is 495 g/mol. The molecule has 3 rings (SSSR count). The van der Waals surface area contributed by atoms with E-state index in [2.05, 4.69) is 6.07 Å². The molecule has 0 radical (unpaired) electrons. The van der Waals surface area contributed by atoms with Crippen LogP contribution in [-0.2, 0) is 35.2 Å². The number of carbonyl (C=O) groups is 3. The highest BCUT2D eigenvalue weighted by Gasteiger charge is 2.41. The number of aliphatic hydroxyl groups is 1. The Hall–Kier alpha value is -3.45. The molecule has 0 saturated heterocycles. The largest absolute Gasteiger partial charge is 0.469 e. The lowest BCUT2D eigenvalue weighted by atomic mass is 9.74. The van der Waals surface area contributed by atoms with Crippen molar-refractivity contribution in [1.29, 1.82) is 0 Å². The van der Waals surface area contributed by atoms with Crippen LogP contribution in [0.3, 0.4) is 0 Å². The molecule has 0 aliphatic rings. The van der Waals surface area contributed by atoms with E-state index in [1.165, 1.54) is 7.11 Å². The maximum Gasteiger partial charge on any atom is 0.311 e. The Bertz CT molecular complexity index is 1180. The minimum atomic E-state index is -1.12. The van der Waals surface area contributed by atoms with Crippen LogP contribution < -0.4 is 0 Å². The molecule has 3 aromatic rings. The number of ether oxygens (including phenoxy) is 3. The van der Waals surface area contributed by atoms with E-state index in [-0.39, 0.29) is 19.4 Å². The van der Waals surface area contributed by atoms with Gasteiger partial charge in [-0.3, -0.25) is 14.4 Å². The number of hydrogen-bond acceptors (Lipinski definition) is 7. The van der Waals surface area contributed by atoms with Gasteiger partial charge < -0.3 is 19.3 Å². The van der Waals surface area contributed by atoms with Gasteiger partial charge in [0.2, 0.25) is 0 Å². The first-order chi connectivity index (χ1) is 17.2. The van der Waals surface area contributed by atoms with Gasteiger partial charge in [0.15, 0.2) is 6.79 Å². The van der Waals surface area contributed by atoms with Crippen LogP contribution in [0.5, 0.6) is 0 Å². The van der Waals surface area contributed by atoms with E-state index in [4.69, 9.17) is 19.3 Å². The second kappa shape index (κ2) is 12.0. The summed E-state index contributed by atoms with van der Waals surface area (Å²) in [5, 5.41) is 13.1. The van der Waals surface area contributed by atoms with Crippen molar-refractivity contribution in [2.45, 2.75) is 46.6 Å². The second-order valence-corrected chi connectivity index (χ2v) is 9.46. The molecule has 0 aliphatic heterocycles. The van der Waals surface area contributed by atoms with Crippen LogP contribution >= 0.6 is 0 Å². The van der Waals surface area contributed by atoms with E-state index in [1.807, 2.05) is 48.5 Å². The smallest absolute Gasteiger partial charge is 0.311 e. The van der Waals surface area contributed by atoms with E-state index in [0.717, 1.165) is 27.1 Å². The van der Waals surface area contributed by atoms with E-state index in [9.17, 15) is 14.4 Å². The molecule has 1 N–H and O–H groups in total. The van der Waals surface area contributed by atoms with Gasteiger partial charge in [-0.25, -0.2) is 0 Å². The summed E-state index contributed by atoms with van der Waals surface area (Å²) in [6.07, 6.45) is 0.677. The van der Waals surface area contributed by atoms with Gasteiger partial charge in [-0.15, -0.1) is 0 Å². The highest BCUT2D eigenvalue weighted by Crippen LogP contribution is 2.37. The first-order valence-corrected chi connectivity index (χ1v) is 12.2.